The number of pyridine rings is 1. The fraction of sp³-hybridized carbons (Fsp3) is 0.222. The minimum Gasteiger partial charge on any atom is -0.357 e. The number of nitrogens with one attached hydrogen (secondary N) is 1. The maximum atomic E-state index is 10.8. The Morgan fingerprint density at radius 1 is 1.38 bits per heavy atom. The first-order valence-corrected chi connectivity index (χ1v) is 7.35. The molecule has 86 valence electrons. The summed E-state index contributed by atoms with van der Waals surface area (Å²) in [4.78, 5) is 7.14. The molecule has 7 heteroatoms. The number of nitrogens with zero attached hydrogens (tertiary/aromatic N) is 1. The summed E-state index contributed by atoms with van der Waals surface area (Å²) in [5.41, 5.74) is 2.31. The number of hydrogen-bond acceptors (Lipinski definition) is 3. The van der Waals surface area contributed by atoms with Gasteiger partial charge in [-0.05, 0) is 12.1 Å². The molecular weight excluding hydrogens is 271 g/mol. The van der Waals surface area contributed by atoms with Crippen LogP contribution < -0.4 is 0 Å². The van der Waals surface area contributed by atoms with Gasteiger partial charge in [0.15, 0.2) is 0 Å². The molecule has 0 saturated carbocycles. The third-order valence-electron chi connectivity index (χ3n) is 2.11. The molecule has 16 heavy (non-hydrogen) atoms. The molecule has 2 aromatic rings. The SMILES string of the molecule is O=S(=O)(Cl)CCc1cc2ncc(Cl)cc2[nH]1. The number of aromatic nitrogens is 2. The Balaban J connectivity index is 2.26. The fourth-order valence-corrected chi connectivity index (χ4v) is 2.26. The first-order valence-electron chi connectivity index (χ1n) is 4.49. The minimum atomic E-state index is -3.46. The maximum Gasteiger partial charge on any atom is 0.232 e. The summed E-state index contributed by atoms with van der Waals surface area (Å²) in [7, 11) is 1.67. The van der Waals surface area contributed by atoms with E-state index >= 15 is 0 Å². The third-order valence-corrected chi connectivity index (χ3v) is 3.47. The van der Waals surface area contributed by atoms with Crippen molar-refractivity contribution < 1.29 is 8.42 Å². The third kappa shape index (κ3) is 2.87. The van der Waals surface area contributed by atoms with E-state index in [0.717, 1.165) is 16.7 Å². The highest BCUT2D eigenvalue weighted by Crippen LogP contribution is 2.17. The zero-order chi connectivity index (χ0) is 11.8. The van der Waals surface area contributed by atoms with Crippen LogP contribution in [0.5, 0.6) is 0 Å². The van der Waals surface area contributed by atoms with Gasteiger partial charge in [0.2, 0.25) is 9.05 Å². The number of H-pyrrole nitrogens is 1. The molecular formula is C9H8Cl2N2O2S. The molecule has 2 heterocycles. The lowest BCUT2D eigenvalue weighted by Gasteiger charge is -1.93. The molecule has 0 radical (unpaired) electrons. The van der Waals surface area contributed by atoms with E-state index < -0.39 is 9.05 Å². The van der Waals surface area contributed by atoms with Gasteiger partial charge in [-0.2, -0.15) is 0 Å². The molecule has 1 N–H and O–H groups in total. The Kier molecular flexibility index (Phi) is 3.10. The molecule has 0 spiro atoms. The molecule has 2 rings (SSSR count). The summed E-state index contributed by atoms with van der Waals surface area (Å²) >= 11 is 5.78. The predicted molar refractivity (Wildman–Crippen MR) is 64.4 cm³/mol. The Hall–Kier alpha value is -0.780. The van der Waals surface area contributed by atoms with Crippen LogP contribution in [0.15, 0.2) is 18.3 Å². The highest BCUT2D eigenvalue weighted by atomic mass is 35.7. The fourth-order valence-electron chi connectivity index (χ4n) is 1.41. The largest absolute Gasteiger partial charge is 0.357 e. The summed E-state index contributed by atoms with van der Waals surface area (Å²) in [6.45, 7) is 0. The average Bonchev–Trinajstić information content (AvgIpc) is 2.55. The standard InChI is InChI=1S/C9H8Cl2N2O2S/c10-6-3-9-8(12-5-6)4-7(13-9)1-2-16(11,14)15/h3-5,13H,1-2H2. The Labute approximate surface area is 102 Å². The van der Waals surface area contributed by atoms with Gasteiger partial charge in [0.05, 0.1) is 21.8 Å². The van der Waals surface area contributed by atoms with Gasteiger partial charge in [-0.15, -0.1) is 0 Å². The van der Waals surface area contributed by atoms with Crippen molar-refractivity contribution in [3.8, 4) is 0 Å². The Bertz CT molecular complexity index is 621. The van der Waals surface area contributed by atoms with Crippen molar-refractivity contribution >= 4 is 42.4 Å². The highest BCUT2D eigenvalue weighted by Gasteiger charge is 2.08. The maximum absolute atomic E-state index is 10.8. The zero-order valence-electron chi connectivity index (χ0n) is 8.07. The van der Waals surface area contributed by atoms with Crippen molar-refractivity contribution in [3.63, 3.8) is 0 Å². The van der Waals surface area contributed by atoms with E-state index in [1.165, 1.54) is 0 Å². The van der Waals surface area contributed by atoms with Gasteiger partial charge in [0.25, 0.3) is 0 Å². The number of aryl methyl sites for hydroxylation is 1. The van der Waals surface area contributed by atoms with Crippen LogP contribution in [0.25, 0.3) is 11.0 Å². The van der Waals surface area contributed by atoms with E-state index in [2.05, 4.69) is 9.97 Å². The van der Waals surface area contributed by atoms with Crippen LogP contribution in [-0.4, -0.2) is 24.1 Å². The van der Waals surface area contributed by atoms with Crippen molar-refractivity contribution in [2.75, 3.05) is 5.75 Å². The lowest BCUT2D eigenvalue weighted by Crippen LogP contribution is -2.00. The van der Waals surface area contributed by atoms with Gasteiger partial charge in [0.1, 0.15) is 0 Å². The first kappa shape index (κ1) is 11.7. The monoisotopic (exact) mass is 278 g/mol. The summed E-state index contributed by atoms with van der Waals surface area (Å²) in [5, 5.41) is 0.533. The van der Waals surface area contributed by atoms with E-state index in [0.29, 0.717) is 11.4 Å². The van der Waals surface area contributed by atoms with E-state index in [1.807, 2.05) is 0 Å². The molecule has 0 amide bonds. The molecule has 2 aromatic heterocycles. The van der Waals surface area contributed by atoms with Crippen LogP contribution in [-0.2, 0) is 15.5 Å². The second-order valence-electron chi connectivity index (χ2n) is 3.37. The second kappa shape index (κ2) is 4.24. The van der Waals surface area contributed by atoms with Crippen molar-refractivity contribution in [1.82, 2.24) is 9.97 Å². The van der Waals surface area contributed by atoms with Crippen LogP contribution in [0, 0.1) is 0 Å². The number of halogens is 2. The summed E-state index contributed by atoms with van der Waals surface area (Å²) in [6.07, 6.45) is 1.87. The van der Waals surface area contributed by atoms with Crippen LogP contribution in [0.2, 0.25) is 5.02 Å². The van der Waals surface area contributed by atoms with Gasteiger partial charge >= 0.3 is 0 Å². The van der Waals surface area contributed by atoms with Gasteiger partial charge in [-0.1, -0.05) is 11.6 Å². The van der Waals surface area contributed by atoms with Crippen LogP contribution in [0.3, 0.4) is 0 Å². The smallest absolute Gasteiger partial charge is 0.232 e. The Morgan fingerprint density at radius 2 is 2.12 bits per heavy atom. The zero-order valence-corrected chi connectivity index (χ0v) is 10.4. The van der Waals surface area contributed by atoms with Crippen molar-refractivity contribution in [2.45, 2.75) is 6.42 Å². The molecule has 0 atom stereocenters. The lowest BCUT2D eigenvalue weighted by atomic mass is 10.3. The molecule has 0 fully saturated rings. The average molecular weight is 279 g/mol. The van der Waals surface area contributed by atoms with Crippen molar-refractivity contribution in [3.05, 3.63) is 29.0 Å². The predicted octanol–water partition coefficient (Wildman–Crippen LogP) is 2.33. The van der Waals surface area contributed by atoms with E-state index in [-0.39, 0.29) is 5.75 Å². The molecule has 0 bridgehead atoms. The quantitative estimate of drug-likeness (QED) is 0.877. The molecule has 0 saturated heterocycles. The normalized spacial score (nSPS) is 12.1. The topological polar surface area (TPSA) is 62.8 Å². The van der Waals surface area contributed by atoms with Gasteiger partial charge in [-0.25, -0.2) is 8.42 Å². The molecule has 0 aliphatic rings. The van der Waals surface area contributed by atoms with Gasteiger partial charge < -0.3 is 4.98 Å². The Morgan fingerprint density at radius 3 is 2.81 bits per heavy atom. The first-order chi connectivity index (χ1) is 7.44. The molecule has 4 nitrogen and oxygen atoms in total. The molecule has 0 unspecified atom stereocenters. The van der Waals surface area contributed by atoms with Gasteiger partial charge in [-0.3, -0.25) is 4.98 Å². The van der Waals surface area contributed by atoms with Crippen molar-refractivity contribution in [1.29, 1.82) is 0 Å². The second-order valence-corrected chi connectivity index (χ2v) is 6.71. The molecule has 0 aliphatic heterocycles. The van der Waals surface area contributed by atoms with Gasteiger partial charge in [0, 0.05) is 29.0 Å². The number of fused-ring (bicyclic) bond motifs is 1. The lowest BCUT2D eigenvalue weighted by molar-refractivity contribution is 0.608. The van der Waals surface area contributed by atoms with Crippen LogP contribution in [0.4, 0.5) is 0 Å². The van der Waals surface area contributed by atoms with E-state index in [4.69, 9.17) is 22.3 Å². The molecule has 0 aromatic carbocycles. The minimum absolute atomic E-state index is 0.102. The molecule has 0 aliphatic carbocycles. The summed E-state index contributed by atoms with van der Waals surface area (Å²) in [6, 6.07) is 3.52. The van der Waals surface area contributed by atoms with Crippen molar-refractivity contribution in [2.24, 2.45) is 0 Å². The van der Waals surface area contributed by atoms with Crippen LogP contribution >= 0.6 is 22.3 Å². The number of hydrogen-bond donors (Lipinski definition) is 1. The van der Waals surface area contributed by atoms with E-state index in [1.54, 1.807) is 18.3 Å². The highest BCUT2D eigenvalue weighted by molar-refractivity contribution is 8.13. The summed E-state index contributed by atoms with van der Waals surface area (Å²) < 4.78 is 21.6. The summed E-state index contributed by atoms with van der Waals surface area (Å²) in [5.74, 6) is -0.102. The number of aromatic amines is 1. The number of rotatable bonds is 3. The van der Waals surface area contributed by atoms with Crippen LogP contribution in [0.1, 0.15) is 5.69 Å². The van der Waals surface area contributed by atoms with E-state index in [9.17, 15) is 8.42 Å².